The van der Waals surface area contributed by atoms with Gasteiger partial charge in [0, 0.05) is 11.1 Å². The van der Waals surface area contributed by atoms with Gasteiger partial charge in [-0.05, 0) is 44.4 Å². The van der Waals surface area contributed by atoms with Crippen LogP contribution in [0.4, 0.5) is 0 Å². The number of sulfonamides is 1. The maximum absolute atomic E-state index is 12.3. The van der Waals surface area contributed by atoms with Gasteiger partial charge < -0.3 is 9.47 Å². The summed E-state index contributed by atoms with van der Waals surface area (Å²) in [5.74, 6) is -0.692. The molecule has 2 atom stereocenters. The molecule has 0 aromatic heterocycles. The average Bonchev–Trinajstić information content (AvgIpc) is 3.00. The van der Waals surface area contributed by atoms with Crippen molar-refractivity contribution < 1.29 is 22.7 Å². The fourth-order valence-electron chi connectivity index (χ4n) is 2.24. The Kier molecular flexibility index (Phi) is 6.19. The predicted molar refractivity (Wildman–Crippen MR) is 88.6 cm³/mol. The molecule has 1 aliphatic heterocycles. The second-order valence-corrected chi connectivity index (χ2v) is 8.06. The number of carbonyl (C=O) groups is 1. The molecule has 0 bridgehead atoms. The van der Waals surface area contributed by atoms with Crippen LogP contribution in [0, 0.1) is 6.92 Å². The van der Waals surface area contributed by atoms with Crippen molar-refractivity contribution >= 4 is 31.9 Å². The molecule has 8 heteroatoms. The molecule has 1 N–H and O–H groups in total. The van der Waals surface area contributed by atoms with E-state index in [1.165, 1.54) is 13.0 Å². The normalized spacial score (nSPS) is 19.5. The van der Waals surface area contributed by atoms with E-state index in [0.29, 0.717) is 16.6 Å². The molecule has 0 spiro atoms. The second-order valence-electron chi connectivity index (χ2n) is 5.49. The lowest BCUT2D eigenvalue weighted by atomic mass is 10.2. The molecule has 128 valence electrons. The minimum atomic E-state index is -3.94. The highest BCUT2D eigenvalue weighted by Gasteiger charge is 2.25. The van der Waals surface area contributed by atoms with Gasteiger partial charge in [0.1, 0.15) is 6.10 Å². The first-order valence-electron chi connectivity index (χ1n) is 7.35. The van der Waals surface area contributed by atoms with Crippen LogP contribution in [0.5, 0.6) is 0 Å². The lowest BCUT2D eigenvalue weighted by Crippen LogP contribution is -2.39. The largest absolute Gasteiger partial charge is 0.376 e. The molecular weight excluding hydrogens is 386 g/mol. The van der Waals surface area contributed by atoms with Crippen LogP contribution < -0.4 is 4.72 Å². The summed E-state index contributed by atoms with van der Waals surface area (Å²) in [6.07, 6.45) is 0.977. The van der Waals surface area contributed by atoms with E-state index in [2.05, 4.69) is 20.7 Å². The molecule has 1 saturated heterocycles. The topological polar surface area (TPSA) is 81.7 Å². The molecule has 1 aliphatic rings. The average molecular weight is 406 g/mol. The molecule has 2 unspecified atom stereocenters. The molecule has 0 saturated carbocycles. The highest BCUT2D eigenvalue weighted by molar-refractivity contribution is 9.10. The smallest absolute Gasteiger partial charge is 0.264 e. The molecule has 23 heavy (non-hydrogen) atoms. The maximum atomic E-state index is 12.3. The van der Waals surface area contributed by atoms with Crippen molar-refractivity contribution in [3.63, 3.8) is 0 Å². The van der Waals surface area contributed by atoms with Crippen molar-refractivity contribution in [1.29, 1.82) is 0 Å². The standard InChI is InChI=1S/C15H20BrNO5S/c1-10-5-6-12(16)8-14(10)23(19,20)17-15(18)11(2)22-9-13-4-3-7-21-13/h5-6,8,11,13H,3-4,7,9H2,1-2H3,(H,17,18). The molecule has 1 amide bonds. The second kappa shape index (κ2) is 7.74. The maximum Gasteiger partial charge on any atom is 0.264 e. The quantitative estimate of drug-likeness (QED) is 0.783. The van der Waals surface area contributed by atoms with Crippen molar-refractivity contribution in [3.8, 4) is 0 Å². The van der Waals surface area contributed by atoms with Gasteiger partial charge in [0.15, 0.2) is 0 Å². The summed E-state index contributed by atoms with van der Waals surface area (Å²) in [5, 5.41) is 0. The van der Waals surface area contributed by atoms with E-state index in [9.17, 15) is 13.2 Å². The van der Waals surface area contributed by atoms with E-state index >= 15 is 0 Å². The Morgan fingerprint density at radius 1 is 1.52 bits per heavy atom. The Balaban J connectivity index is 1.98. The van der Waals surface area contributed by atoms with E-state index in [1.54, 1.807) is 19.1 Å². The molecule has 1 aromatic rings. The molecule has 1 aromatic carbocycles. The van der Waals surface area contributed by atoms with Crippen molar-refractivity contribution in [3.05, 3.63) is 28.2 Å². The molecular formula is C15H20BrNO5S. The Hall–Kier alpha value is -0.960. The molecule has 1 heterocycles. The summed E-state index contributed by atoms with van der Waals surface area (Å²) in [6.45, 7) is 4.17. The third-order valence-corrected chi connectivity index (χ3v) is 5.58. The van der Waals surface area contributed by atoms with Gasteiger partial charge in [-0.2, -0.15) is 0 Å². The molecule has 2 rings (SSSR count). The van der Waals surface area contributed by atoms with Gasteiger partial charge >= 0.3 is 0 Å². The number of rotatable bonds is 6. The summed E-state index contributed by atoms with van der Waals surface area (Å²) in [5.41, 5.74) is 0.557. The number of halogens is 1. The Bertz CT molecular complexity index is 670. The zero-order valence-corrected chi connectivity index (χ0v) is 15.4. The van der Waals surface area contributed by atoms with E-state index in [0.717, 1.165) is 12.8 Å². The predicted octanol–water partition coefficient (Wildman–Crippen LogP) is 2.15. The van der Waals surface area contributed by atoms with Crippen LogP contribution in [0.1, 0.15) is 25.3 Å². The Morgan fingerprint density at radius 3 is 2.91 bits per heavy atom. The van der Waals surface area contributed by atoms with Crippen molar-refractivity contribution in [2.24, 2.45) is 0 Å². The number of carbonyl (C=O) groups excluding carboxylic acids is 1. The molecule has 0 radical (unpaired) electrons. The molecule has 0 aliphatic carbocycles. The zero-order valence-electron chi connectivity index (χ0n) is 13.0. The summed E-state index contributed by atoms with van der Waals surface area (Å²) in [7, 11) is -3.94. The fraction of sp³-hybridized carbons (Fsp3) is 0.533. The van der Waals surface area contributed by atoms with Gasteiger partial charge in [-0.15, -0.1) is 0 Å². The van der Waals surface area contributed by atoms with E-state index in [1.807, 2.05) is 0 Å². The monoisotopic (exact) mass is 405 g/mol. The van der Waals surface area contributed by atoms with Crippen molar-refractivity contribution in [2.75, 3.05) is 13.2 Å². The van der Waals surface area contributed by atoms with Gasteiger partial charge in [-0.25, -0.2) is 13.1 Å². The molecule has 1 fully saturated rings. The number of benzene rings is 1. The highest BCUT2D eigenvalue weighted by Crippen LogP contribution is 2.20. The first-order chi connectivity index (χ1) is 10.8. The highest BCUT2D eigenvalue weighted by atomic mass is 79.9. The van der Waals surface area contributed by atoms with Crippen LogP contribution in [0.2, 0.25) is 0 Å². The number of hydrogen-bond donors (Lipinski definition) is 1. The number of ether oxygens (including phenoxy) is 2. The van der Waals surface area contributed by atoms with Crippen LogP contribution in [0.3, 0.4) is 0 Å². The number of hydrogen-bond acceptors (Lipinski definition) is 5. The van der Waals surface area contributed by atoms with Gasteiger partial charge in [0.05, 0.1) is 17.6 Å². The Labute approximate surface area is 144 Å². The Morgan fingerprint density at radius 2 is 2.26 bits per heavy atom. The SMILES string of the molecule is Cc1ccc(Br)cc1S(=O)(=O)NC(=O)C(C)OCC1CCCO1. The van der Waals surface area contributed by atoms with Crippen molar-refractivity contribution in [2.45, 2.75) is 43.8 Å². The third-order valence-electron chi connectivity index (χ3n) is 3.60. The number of amides is 1. The first kappa shape index (κ1) is 18.4. The lowest BCUT2D eigenvalue weighted by Gasteiger charge is -2.16. The van der Waals surface area contributed by atoms with E-state index in [-0.39, 0.29) is 17.6 Å². The van der Waals surface area contributed by atoms with Crippen LogP contribution in [0.15, 0.2) is 27.6 Å². The van der Waals surface area contributed by atoms with Crippen molar-refractivity contribution in [1.82, 2.24) is 4.72 Å². The van der Waals surface area contributed by atoms with E-state index in [4.69, 9.17) is 9.47 Å². The first-order valence-corrected chi connectivity index (χ1v) is 9.63. The van der Waals surface area contributed by atoms with Gasteiger partial charge in [0.25, 0.3) is 15.9 Å². The van der Waals surface area contributed by atoms with Gasteiger partial charge in [0.2, 0.25) is 0 Å². The van der Waals surface area contributed by atoms with Crippen LogP contribution in [0.25, 0.3) is 0 Å². The summed E-state index contributed by atoms with van der Waals surface area (Å²) >= 11 is 3.23. The summed E-state index contributed by atoms with van der Waals surface area (Å²) < 4.78 is 38.2. The minimum absolute atomic E-state index is 0.0193. The summed E-state index contributed by atoms with van der Waals surface area (Å²) in [6, 6.07) is 4.87. The fourth-order valence-corrected chi connectivity index (χ4v) is 4.06. The zero-order chi connectivity index (χ0) is 17.0. The van der Waals surface area contributed by atoms with Gasteiger partial charge in [-0.1, -0.05) is 22.0 Å². The van der Waals surface area contributed by atoms with E-state index < -0.39 is 22.0 Å². The van der Waals surface area contributed by atoms with Crippen LogP contribution >= 0.6 is 15.9 Å². The van der Waals surface area contributed by atoms with Crippen LogP contribution in [-0.4, -0.2) is 39.7 Å². The van der Waals surface area contributed by atoms with Crippen LogP contribution in [-0.2, 0) is 24.3 Å². The number of nitrogens with one attached hydrogen (secondary N) is 1. The summed E-state index contributed by atoms with van der Waals surface area (Å²) in [4.78, 5) is 12.1. The minimum Gasteiger partial charge on any atom is -0.376 e. The number of aryl methyl sites for hydroxylation is 1. The third kappa shape index (κ3) is 5.00. The lowest BCUT2D eigenvalue weighted by molar-refractivity contribution is -0.131. The van der Waals surface area contributed by atoms with Gasteiger partial charge in [-0.3, -0.25) is 4.79 Å². The molecule has 6 nitrogen and oxygen atoms in total.